The second kappa shape index (κ2) is 6.81. The first-order chi connectivity index (χ1) is 14.5. The minimum Gasteiger partial charge on any atom is -0.741 e. The van der Waals surface area contributed by atoms with Crippen LogP contribution in [0.25, 0.3) is 5.69 Å². The lowest BCUT2D eigenvalue weighted by Gasteiger charge is -2.54. The van der Waals surface area contributed by atoms with Gasteiger partial charge in [0.05, 0.1) is 11.1 Å². The predicted octanol–water partition coefficient (Wildman–Crippen LogP) is 3.73. The third kappa shape index (κ3) is 3.40. The lowest BCUT2D eigenvalue weighted by Crippen LogP contribution is -2.55. The molecule has 4 fully saturated rings. The van der Waals surface area contributed by atoms with Gasteiger partial charge < -0.3 is 4.55 Å². The van der Waals surface area contributed by atoms with E-state index in [0.717, 1.165) is 24.2 Å². The number of rotatable bonds is 1. The first-order valence-corrected chi connectivity index (χ1v) is 12.1. The van der Waals surface area contributed by atoms with Crippen LogP contribution in [0.15, 0.2) is 30.3 Å². The summed E-state index contributed by atoms with van der Waals surface area (Å²) in [5.41, 5.74) is 0.875. The Bertz CT molecular complexity index is 1100. The Morgan fingerprint density at radius 3 is 2.10 bits per heavy atom. The summed E-state index contributed by atoms with van der Waals surface area (Å²) in [5.74, 6) is 3.05. The van der Waals surface area contributed by atoms with Gasteiger partial charge >= 0.3 is 5.51 Å². The highest BCUT2D eigenvalue weighted by atomic mass is 32.2. The van der Waals surface area contributed by atoms with Crippen LogP contribution in [0.1, 0.15) is 55.5 Å². The SMILES string of the molecule is C[n+]1c(C23CC4CC(CC(C4)C2)C3)cc2n1-c1ccccc1C2.O=S(=O)([O-])C(F)(F)F. The molecule has 168 valence electrons. The van der Waals surface area contributed by atoms with Crippen LogP contribution in [-0.2, 0) is 29.0 Å². The molecule has 0 amide bonds. The van der Waals surface area contributed by atoms with Gasteiger partial charge in [-0.25, -0.2) is 8.42 Å². The fourth-order valence-electron chi connectivity index (χ4n) is 7.04. The zero-order chi connectivity index (χ0) is 22.2. The zero-order valence-electron chi connectivity index (χ0n) is 17.2. The summed E-state index contributed by atoms with van der Waals surface area (Å²) in [6, 6.07) is 11.5. The maximum Gasteiger partial charge on any atom is 0.485 e. The molecule has 0 atom stereocenters. The average molecular weight is 455 g/mol. The molecule has 31 heavy (non-hydrogen) atoms. The van der Waals surface area contributed by atoms with Crippen LogP contribution in [0, 0.1) is 17.8 Å². The van der Waals surface area contributed by atoms with E-state index in [4.69, 9.17) is 13.0 Å². The van der Waals surface area contributed by atoms with Crippen molar-refractivity contribution in [3.8, 4) is 5.69 Å². The summed E-state index contributed by atoms with van der Waals surface area (Å²) in [7, 11) is -3.79. The smallest absolute Gasteiger partial charge is 0.485 e. The Kier molecular flexibility index (Phi) is 4.61. The van der Waals surface area contributed by atoms with Crippen molar-refractivity contribution >= 4 is 10.1 Å². The minimum absolute atomic E-state index is 0.496. The number of para-hydroxylation sites is 1. The minimum atomic E-state index is -6.09. The van der Waals surface area contributed by atoms with E-state index in [1.165, 1.54) is 55.5 Å². The number of halogens is 3. The Morgan fingerprint density at radius 1 is 1.06 bits per heavy atom. The van der Waals surface area contributed by atoms with Gasteiger partial charge in [0.15, 0.2) is 17.2 Å². The standard InChI is InChI=1S/C21H25N2.CHF3O3S/c1-22-20(10-18-9-17-4-2-3-5-19(17)23(18)22)21-11-14-6-15(12-21)8-16(7-14)13-21;2-1(3,4)8(5,6)7/h2-5,10,14-16H,6-9,11-13H2,1H3;(H,5,6,7)/q+1;/p-1. The van der Waals surface area contributed by atoms with Crippen LogP contribution < -0.4 is 4.68 Å². The van der Waals surface area contributed by atoms with E-state index >= 15 is 0 Å². The van der Waals surface area contributed by atoms with E-state index in [1.54, 1.807) is 5.69 Å². The van der Waals surface area contributed by atoms with Crippen LogP contribution in [0.5, 0.6) is 0 Å². The molecular weight excluding hydrogens is 429 g/mol. The van der Waals surface area contributed by atoms with E-state index in [0.29, 0.717) is 5.41 Å². The van der Waals surface area contributed by atoms with Crippen molar-refractivity contribution in [3.63, 3.8) is 0 Å². The Balaban J connectivity index is 0.000000222. The second-order valence-electron chi connectivity index (χ2n) is 9.76. The van der Waals surface area contributed by atoms with Gasteiger partial charge in [-0.15, -0.1) is 9.36 Å². The number of benzene rings is 1. The molecule has 0 spiro atoms. The lowest BCUT2D eigenvalue weighted by atomic mass is 9.49. The third-order valence-electron chi connectivity index (χ3n) is 7.68. The summed E-state index contributed by atoms with van der Waals surface area (Å²) in [4.78, 5) is 0. The largest absolute Gasteiger partial charge is 0.741 e. The molecule has 0 saturated heterocycles. The predicted molar refractivity (Wildman–Crippen MR) is 105 cm³/mol. The molecule has 1 aliphatic heterocycles. The average Bonchev–Trinajstić information content (AvgIpc) is 3.16. The van der Waals surface area contributed by atoms with Crippen LogP contribution in [0.4, 0.5) is 13.2 Å². The monoisotopic (exact) mass is 454 g/mol. The molecule has 5 aliphatic rings. The summed E-state index contributed by atoms with van der Waals surface area (Å²) < 4.78 is 63.9. The van der Waals surface area contributed by atoms with Crippen molar-refractivity contribution in [3.05, 3.63) is 47.3 Å². The number of hydrogen-bond acceptors (Lipinski definition) is 3. The molecule has 0 N–H and O–H groups in total. The van der Waals surface area contributed by atoms with Crippen molar-refractivity contribution in [2.45, 2.75) is 55.9 Å². The van der Waals surface area contributed by atoms with Crippen LogP contribution in [0.2, 0.25) is 0 Å². The number of alkyl halides is 3. The molecular formula is C22H25F3N2O3S. The van der Waals surface area contributed by atoms with E-state index in [9.17, 15) is 13.2 Å². The quantitative estimate of drug-likeness (QED) is 0.320. The molecule has 0 unspecified atom stereocenters. The molecule has 7 rings (SSSR count). The second-order valence-corrected chi connectivity index (χ2v) is 11.1. The van der Waals surface area contributed by atoms with Crippen molar-refractivity contribution in [2.24, 2.45) is 24.8 Å². The molecule has 9 heteroatoms. The lowest BCUT2D eigenvalue weighted by molar-refractivity contribution is -0.754. The van der Waals surface area contributed by atoms with E-state index in [2.05, 4.69) is 46.7 Å². The number of fused-ring (bicyclic) bond motifs is 3. The van der Waals surface area contributed by atoms with Crippen molar-refractivity contribution in [2.75, 3.05) is 0 Å². The molecule has 1 aromatic carbocycles. The number of hydrogen-bond donors (Lipinski definition) is 0. The molecule has 4 bridgehead atoms. The highest BCUT2D eigenvalue weighted by Crippen LogP contribution is 2.60. The Hall–Kier alpha value is -1.87. The van der Waals surface area contributed by atoms with E-state index in [1.807, 2.05) is 0 Å². The highest BCUT2D eigenvalue weighted by molar-refractivity contribution is 7.86. The van der Waals surface area contributed by atoms with Gasteiger partial charge in [0.1, 0.15) is 5.69 Å². The van der Waals surface area contributed by atoms with Crippen LogP contribution >= 0.6 is 0 Å². The first-order valence-electron chi connectivity index (χ1n) is 10.7. The van der Waals surface area contributed by atoms with Crippen LogP contribution in [0.3, 0.4) is 0 Å². The van der Waals surface area contributed by atoms with Gasteiger partial charge in [-0.2, -0.15) is 13.2 Å². The highest BCUT2D eigenvalue weighted by Gasteiger charge is 2.56. The van der Waals surface area contributed by atoms with Crippen molar-refractivity contribution in [1.82, 2.24) is 4.68 Å². The zero-order valence-corrected chi connectivity index (χ0v) is 18.0. The summed E-state index contributed by atoms with van der Waals surface area (Å²) in [6.07, 6.45) is 10.1. The summed E-state index contributed by atoms with van der Waals surface area (Å²) in [6.45, 7) is 0. The Labute approximate surface area is 179 Å². The Morgan fingerprint density at radius 2 is 1.58 bits per heavy atom. The van der Waals surface area contributed by atoms with Gasteiger partial charge in [-0.3, -0.25) is 0 Å². The molecule has 0 radical (unpaired) electrons. The topological polar surface area (TPSA) is 66.0 Å². The fraction of sp³-hybridized carbons (Fsp3) is 0.591. The summed E-state index contributed by atoms with van der Waals surface area (Å²) >= 11 is 0. The van der Waals surface area contributed by atoms with Gasteiger partial charge in [-0.1, -0.05) is 18.2 Å². The van der Waals surface area contributed by atoms with Crippen molar-refractivity contribution < 1.29 is 30.8 Å². The van der Waals surface area contributed by atoms with Gasteiger partial charge in [0, 0.05) is 12.5 Å². The molecule has 4 saturated carbocycles. The number of aromatic nitrogens is 2. The van der Waals surface area contributed by atoms with Crippen molar-refractivity contribution in [1.29, 1.82) is 0 Å². The maximum absolute atomic E-state index is 10.7. The maximum atomic E-state index is 10.7. The number of nitrogens with zero attached hydrogens (tertiary/aromatic N) is 2. The first kappa shape index (κ1) is 21.0. The molecule has 4 aliphatic carbocycles. The molecule has 2 aromatic rings. The summed E-state index contributed by atoms with van der Waals surface area (Å²) in [5, 5.41) is 0. The third-order valence-corrected chi connectivity index (χ3v) is 8.25. The normalized spacial score (nSPS) is 30.5. The molecule has 2 heterocycles. The van der Waals surface area contributed by atoms with E-state index in [-0.39, 0.29) is 0 Å². The fourth-order valence-corrected chi connectivity index (χ4v) is 7.04. The van der Waals surface area contributed by atoms with Gasteiger partial charge in [0.2, 0.25) is 5.69 Å². The van der Waals surface area contributed by atoms with Crippen LogP contribution in [-0.4, -0.2) is 23.2 Å². The van der Waals surface area contributed by atoms with E-state index < -0.39 is 15.6 Å². The van der Waals surface area contributed by atoms with Gasteiger partial charge in [-0.05, 0) is 67.9 Å². The molecule has 1 aromatic heterocycles. The van der Waals surface area contributed by atoms with Gasteiger partial charge in [0.25, 0.3) is 0 Å². The molecule has 5 nitrogen and oxygen atoms in total.